The molecule has 2 saturated heterocycles. The molecule has 2 aromatic heterocycles. The summed E-state index contributed by atoms with van der Waals surface area (Å²) in [7, 11) is 2.64. The lowest BCUT2D eigenvalue weighted by molar-refractivity contribution is -0.145. The van der Waals surface area contributed by atoms with Gasteiger partial charge in [0, 0.05) is 36.4 Å². The monoisotopic (exact) mass is 890 g/mol. The number of alkyl halides is 2. The second-order valence-electron chi connectivity index (χ2n) is 19.6. The van der Waals surface area contributed by atoms with Gasteiger partial charge in [-0.25, -0.2) is 14.8 Å². The number of carbonyl (C=O) groups excluding carboxylic acids is 3. The summed E-state index contributed by atoms with van der Waals surface area (Å²) < 4.78 is 43.2. The minimum Gasteiger partial charge on any atom is -0.453 e. The third kappa shape index (κ3) is 7.37. The van der Waals surface area contributed by atoms with Gasteiger partial charge in [-0.1, -0.05) is 58.0 Å². The van der Waals surface area contributed by atoms with Crippen LogP contribution in [-0.2, 0) is 25.0 Å². The van der Waals surface area contributed by atoms with Crippen molar-refractivity contribution >= 4 is 28.9 Å². The van der Waals surface area contributed by atoms with E-state index in [4.69, 9.17) is 19.4 Å². The van der Waals surface area contributed by atoms with E-state index in [0.29, 0.717) is 51.7 Å². The molecule has 1 spiro atoms. The van der Waals surface area contributed by atoms with Crippen molar-refractivity contribution in [2.75, 3.05) is 20.8 Å². The summed E-state index contributed by atoms with van der Waals surface area (Å²) in [5, 5.41) is 15.8. The van der Waals surface area contributed by atoms with E-state index in [-0.39, 0.29) is 64.2 Å². The number of hydrogen-bond donors (Lipinski definition) is 5. The number of likely N-dealkylation sites (tertiary alicyclic amines) is 2. The fourth-order valence-electron chi connectivity index (χ4n) is 11.1. The summed E-state index contributed by atoms with van der Waals surface area (Å²) in [5.74, 6) is -2.37. The molecule has 10 rings (SSSR count). The maximum absolute atomic E-state index is 16.7. The first-order valence-electron chi connectivity index (χ1n) is 22.8. The average Bonchev–Trinajstić information content (AvgIpc) is 3.95. The summed E-state index contributed by atoms with van der Waals surface area (Å²) in [6, 6.07) is 14.0. The molecule has 2 saturated carbocycles. The Labute approximate surface area is 375 Å². The molecular formula is C49H56F2N8O6. The highest BCUT2D eigenvalue weighted by atomic mass is 19.3. The molecule has 7 atom stereocenters. The minimum absolute atomic E-state index is 0.0326. The van der Waals surface area contributed by atoms with Crippen LogP contribution in [0.5, 0.6) is 0 Å². The number of piperidine rings is 1. The van der Waals surface area contributed by atoms with Crippen molar-refractivity contribution in [2.24, 2.45) is 23.2 Å². The quantitative estimate of drug-likeness (QED) is 0.0784. The molecule has 5 aliphatic rings. The summed E-state index contributed by atoms with van der Waals surface area (Å²) in [5.41, 5.74) is 4.77. The normalized spacial score (nSPS) is 23.6. The smallest absolute Gasteiger partial charge is 0.407 e. The van der Waals surface area contributed by atoms with Gasteiger partial charge in [-0.3, -0.25) is 14.9 Å². The van der Waals surface area contributed by atoms with Crippen LogP contribution in [0.15, 0.2) is 60.8 Å². The molecule has 3 amide bonds. The lowest BCUT2D eigenvalue weighted by Gasteiger charge is -2.37. The minimum atomic E-state index is -3.28. The summed E-state index contributed by atoms with van der Waals surface area (Å²) in [6.45, 7) is 8.20. The van der Waals surface area contributed by atoms with Crippen molar-refractivity contribution in [1.82, 2.24) is 40.4 Å². The van der Waals surface area contributed by atoms with Gasteiger partial charge in [0.2, 0.25) is 18.2 Å². The Balaban J connectivity index is 0.895. The van der Waals surface area contributed by atoms with Crippen LogP contribution in [-0.4, -0.2) is 98.1 Å². The lowest BCUT2D eigenvalue weighted by Crippen LogP contribution is -2.54. The van der Waals surface area contributed by atoms with Crippen LogP contribution in [0.1, 0.15) is 101 Å². The fraction of sp³-hybridized carbons (Fsp3) is 0.490. The van der Waals surface area contributed by atoms with Gasteiger partial charge in [0.15, 0.2) is 0 Å². The topological polar surface area (TPSA) is 178 Å². The number of aromatic amines is 2. The number of rotatable bonds is 12. The van der Waals surface area contributed by atoms with Crippen molar-refractivity contribution in [2.45, 2.75) is 109 Å². The number of halogens is 2. The largest absolute Gasteiger partial charge is 0.453 e. The number of aliphatic hydroxyl groups is 1. The zero-order chi connectivity index (χ0) is 45.7. The van der Waals surface area contributed by atoms with Crippen LogP contribution in [0.25, 0.3) is 44.5 Å². The second kappa shape index (κ2) is 16.0. The fourth-order valence-corrected chi connectivity index (χ4v) is 11.1. The number of nitrogens with one attached hydrogen (secondary N) is 4. The predicted octanol–water partition coefficient (Wildman–Crippen LogP) is 7.76. The first kappa shape index (κ1) is 43.2. The molecule has 0 radical (unpaired) electrons. The number of nitrogens with zero attached hydrogens (tertiary/aromatic N) is 4. The Kier molecular flexibility index (Phi) is 10.6. The van der Waals surface area contributed by atoms with Gasteiger partial charge in [0.05, 0.1) is 48.2 Å². The van der Waals surface area contributed by atoms with Crippen LogP contribution < -0.4 is 10.6 Å². The molecule has 4 heterocycles. The maximum atomic E-state index is 16.7. The van der Waals surface area contributed by atoms with Gasteiger partial charge in [0.1, 0.15) is 17.7 Å². The van der Waals surface area contributed by atoms with Crippen LogP contribution in [0.3, 0.4) is 0 Å². The van der Waals surface area contributed by atoms with Crippen molar-refractivity contribution in [3.63, 3.8) is 0 Å². The number of amides is 3. The molecule has 4 fully saturated rings. The highest BCUT2D eigenvalue weighted by Gasteiger charge is 2.56. The maximum Gasteiger partial charge on any atom is 0.407 e. The number of fused-ring (bicyclic) bond motifs is 6. The van der Waals surface area contributed by atoms with Crippen molar-refractivity contribution in [1.29, 1.82) is 0 Å². The number of ether oxygens (including phenoxy) is 2. The Bertz CT molecular complexity index is 2690. The Morgan fingerprint density at radius 3 is 2.22 bits per heavy atom. The third-order valence-electron chi connectivity index (χ3n) is 14.8. The molecule has 14 nitrogen and oxygen atoms in total. The SMILES string of the molecule is COC(=O)N[C@H](C(=O)N1[C@@H]2CC[C@@H](C2)[C@H]1c1nc2ccc(-c3ccc4c(c3)C(F)(F)c3cc(-c5cnc([C@@H]6CC7(CC7)CN6C(=O)[C@H](NC(O)OC)C(C)C)[nH]5)ccc3-4)cc2[nH]1)C(C)C. The number of benzene rings is 3. The van der Waals surface area contributed by atoms with E-state index in [9.17, 15) is 19.5 Å². The van der Waals surface area contributed by atoms with Gasteiger partial charge >= 0.3 is 6.09 Å². The van der Waals surface area contributed by atoms with E-state index >= 15 is 8.78 Å². The number of methoxy groups -OCH3 is 2. The highest BCUT2D eigenvalue weighted by molar-refractivity contribution is 5.89. The zero-order valence-electron chi connectivity index (χ0n) is 37.5. The standard InChI is InChI=1S/C49H56F2N8O6/c1-24(2)39(56-46(62)64-5)44(60)58-23-48(15-16-48)21-38(58)42-52-22-37(55-42)28-9-13-32-31-12-8-26(18-33(31)49(50,51)34(32)19-28)27-10-14-35-36(20-27)54-43(53-35)41-29-7-11-30(17-29)59(41)45(61)40(25(3)4)57-47(63)65-6/h8-10,12-14,18-20,22,24-25,29-30,38-41,46,56,62H,7,11,15-17,21,23H2,1-6H3,(H,52,55)(H,53,54)(H,57,63)/t29-,30+,38-,39+,40-,41-,46?/m0/s1. The summed E-state index contributed by atoms with van der Waals surface area (Å²) >= 11 is 0. The van der Waals surface area contributed by atoms with E-state index < -0.39 is 30.5 Å². The second-order valence-corrected chi connectivity index (χ2v) is 19.6. The Hall–Kier alpha value is -5.71. The van der Waals surface area contributed by atoms with Crippen molar-refractivity contribution in [3.05, 3.63) is 83.6 Å². The van der Waals surface area contributed by atoms with Crippen LogP contribution in [0.4, 0.5) is 13.6 Å². The molecule has 3 aromatic carbocycles. The number of carbonyl (C=O) groups is 3. The van der Waals surface area contributed by atoms with Crippen LogP contribution >= 0.6 is 0 Å². The summed E-state index contributed by atoms with van der Waals surface area (Å²) in [6.07, 6.45) is 5.21. The van der Waals surface area contributed by atoms with Crippen molar-refractivity contribution in [3.8, 4) is 33.5 Å². The zero-order valence-corrected chi connectivity index (χ0v) is 37.5. The molecule has 1 unspecified atom stereocenters. The average molecular weight is 891 g/mol. The molecular weight excluding hydrogens is 835 g/mol. The first-order valence-corrected chi connectivity index (χ1v) is 22.8. The molecule has 65 heavy (non-hydrogen) atoms. The molecule has 5 aromatic rings. The molecule has 2 bridgehead atoms. The number of hydrogen-bond acceptors (Lipinski definition) is 9. The Morgan fingerprint density at radius 1 is 0.862 bits per heavy atom. The lowest BCUT2D eigenvalue weighted by atomic mass is 9.95. The van der Waals surface area contributed by atoms with E-state index in [1.807, 2.05) is 67.8 Å². The molecule has 3 aliphatic carbocycles. The highest BCUT2D eigenvalue weighted by Crippen LogP contribution is 2.59. The van der Waals surface area contributed by atoms with Crippen LogP contribution in [0.2, 0.25) is 0 Å². The van der Waals surface area contributed by atoms with Gasteiger partial charge in [-0.05, 0) is 108 Å². The van der Waals surface area contributed by atoms with E-state index in [2.05, 4.69) is 20.6 Å². The number of aromatic nitrogens is 4. The molecule has 2 aliphatic heterocycles. The van der Waals surface area contributed by atoms with E-state index in [1.54, 1.807) is 24.4 Å². The number of aliphatic hydroxyl groups excluding tert-OH is 1. The number of H-pyrrole nitrogens is 2. The van der Waals surface area contributed by atoms with E-state index in [1.165, 1.54) is 20.3 Å². The van der Waals surface area contributed by atoms with Gasteiger partial charge in [-0.2, -0.15) is 8.78 Å². The molecule has 5 N–H and O–H groups in total. The Morgan fingerprint density at radius 2 is 1.54 bits per heavy atom. The predicted molar refractivity (Wildman–Crippen MR) is 238 cm³/mol. The van der Waals surface area contributed by atoms with Crippen LogP contribution in [0, 0.1) is 23.2 Å². The third-order valence-corrected chi connectivity index (χ3v) is 14.8. The molecule has 16 heteroatoms. The van der Waals surface area contributed by atoms with Gasteiger partial charge < -0.3 is 39.7 Å². The van der Waals surface area contributed by atoms with Crippen molar-refractivity contribution < 1.29 is 37.7 Å². The molecule has 342 valence electrons. The van der Waals surface area contributed by atoms with Gasteiger partial charge in [-0.15, -0.1) is 0 Å². The van der Waals surface area contributed by atoms with E-state index in [0.717, 1.165) is 49.6 Å². The first-order chi connectivity index (χ1) is 31.1. The number of imidazole rings is 2. The summed E-state index contributed by atoms with van der Waals surface area (Å²) in [4.78, 5) is 60.6. The van der Waals surface area contributed by atoms with Gasteiger partial charge in [0.25, 0.3) is 5.92 Å². The number of alkyl carbamates (subject to hydrolysis) is 1.